The Bertz CT molecular complexity index is 227. The van der Waals surface area contributed by atoms with Gasteiger partial charge in [-0.3, -0.25) is 0 Å². The lowest BCUT2D eigenvalue weighted by Crippen LogP contribution is -2.44. The SMILES string of the molecule is C=C(C)CN(C)CC(C)(C)C1CCCNC1. The fourth-order valence-corrected chi connectivity index (χ4v) is 2.86. The molecule has 1 rings (SSSR count). The van der Waals surface area contributed by atoms with E-state index in [1.807, 2.05) is 0 Å². The topological polar surface area (TPSA) is 15.3 Å². The van der Waals surface area contributed by atoms with Gasteiger partial charge in [0.05, 0.1) is 0 Å². The predicted octanol–water partition coefficient (Wildman–Crippen LogP) is 2.52. The Balaban J connectivity index is 2.45. The molecule has 1 fully saturated rings. The minimum absolute atomic E-state index is 0.400. The first-order valence-electron chi connectivity index (χ1n) is 6.45. The van der Waals surface area contributed by atoms with Crippen LogP contribution >= 0.6 is 0 Å². The van der Waals surface area contributed by atoms with Crippen molar-refractivity contribution in [1.29, 1.82) is 0 Å². The van der Waals surface area contributed by atoms with Crippen LogP contribution in [0.2, 0.25) is 0 Å². The van der Waals surface area contributed by atoms with Crippen LogP contribution in [0, 0.1) is 11.3 Å². The molecule has 2 heteroatoms. The Kier molecular flexibility index (Phi) is 5.00. The molecule has 2 nitrogen and oxygen atoms in total. The molecule has 94 valence electrons. The third-order valence-corrected chi connectivity index (χ3v) is 3.62. The molecule has 0 aliphatic carbocycles. The molecule has 1 N–H and O–H groups in total. The van der Waals surface area contributed by atoms with Gasteiger partial charge < -0.3 is 10.2 Å². The van der Waals surface area contributed by atoms with Crippen molar-refractivity contribution in [3.63, 3.8) is 0 Å². The number of rotatable bonds is 5. The summed E-state index contributed by atoms with van der Waals surface area (Å²) in [6, 6.07) is 0. The van der Waals surface area contributed by atoms with Crippen LogP contribution in [-0.2, 0) is 0 Å². The van der Waals surface area contributed by atoms with Crippen LogP contribution < -0.4 is 5.32 Å². The summed E-state index contributed by atoms with van der Waals surface area (Å²) in [6.45, 7) is 15.5. The third-order valence-electron chi connectivity index (χ3n) is 3.62. The Labute approximate surface area is 101 Å². The van der Waals surface area contributed by atoms with Crippen molar-refractivity contribution in [2.45, 2.75) is 33.6 Å². The van der Waals surface area contributed by atoms with E-state index >= 15 is 0 Å². The molecule has 1 unspecified atom stereocenters. The zero-order chi connectivity index (χ0) is 12.2. The zero-order valence-corrected chi connectivity index (χ0v) is 11.5. The van der Waals surface area contributed by atoms with Crippen LogP contribution in [0.15, 0.2) is 12.2 Å². The van der Waals surface area contributed by atoms with Crippen molar-refractivity contribution < 1.29 is 0 Å². The van der Waals surface area contributed by atoms with Crippen molar-refractivity contribution in [3.8, 4) is 0 Å². The maximum absolute atomic E-state index is 3.98. The number of likely N-dealkylation sites (N-methyl/N-ethyl adjacent to an activating group) is 1. The molecule has 0 amide bonds. The van der Waals surface area contributed by atoms with Crippen molar-refractivity contribution in [3.05, 3.63) is 12.2 Å². The number of hydrogen-bond donors (Lipinski definition) is 1. The number of nitrogens with zero attached hydrogens (tertiary/aromatic N) is 1. The average Bonchev–Trinajstić information content (AvgIpc) is 2.16. The zero-order valence-electron chi connectivity index (χ0n) is 11.5. The fraction of sp³-hybridized carbons (Fsp3) is 0.857. The molecule has 1 atom stereocenters. The lowest BCUT2D eigenvalue weighted by atomic mass is 9.74. The van der Waals surface area contributed by atoms with Crippen molar-refractivity contribution in [2.24, 2.45) is 11.3 Å². The van der Waals surface area contributed by atoms with Crippen LogP contribution in [-0.4, -0.2) is 38.1 Å². The van der Waals surface area contributed by atoms with Gasteiger partial charge in [0.15, 0.2) is 0 Å². The largest absolute Gasteiger partial charge is 0.316 e. The van der Waals surface area contributed by atoms with E-state index in [0.717, 1.165) is 19.0 Å². The maximum atomic E-state index is 3.98. The monoisotopic (exact) mass is 224 g/mol. The van der Waals surface area contributed by atoms with E-state index in [-0.39, 0.29) is 0 Å². The Morgan fingerprint density at radius 1 is 1.50 bits per heavy atom. The highest BCUT2D eigenvalue weighted by molar-refractivity contribution is 4.93. The minimum Gasteiger partial charge on any atom is -0.316 e. The van der Waals surface area contributed by atoms with Gasteiger partial charge in [-0.1, -0.05) is 26.0 Å². The summed E-state index contributed by atoms with van der Waals surface area (Å²) in [4.78, 5) is 2.40. The van der Waals surface area contributed by atoms with Gasteiger partial charge in [-0.15, -0.1) is 0 Å². The summed E-state index contributed by atoms with van der Waals surface area (Å²) in [5, 5.41) is 3.52. The summed E-state index contributed by atoms with van der Waals surface area (Å²) in [5.41, 5.74) is 1.65. The highest BCUT2D eigenvalue weighted by Gasteiger charge is 2.31. The first kappa shape index (κ1) is 13.7. The maximum Gasteiger partial charge on any atom is 0.0184 e. The van der Waals surface area contributed by atoms with Gasteiger partial charge >= 0.3 is 0 Å². The van der Waals surface area contributed by atoms with Crippen molar-refractivity contribution >= 4 is 0 Å². The van der Waals surface area contributed by atoms with E-state index in [0.29, 0.717) is 5.41 Å². The molecule has 0 bridgehead atoms. The van der Waals surface area contributed by atoms with Gasteiger partial charge in [-0.2, -0.15) is 0 Å². The third kappa shape index (κ3) is 4.26. The molecule has 0 aromatic rings. The standard InChI is InChI=1S/C14H28N2/c1-12(2)10-16(5)11-14(3,4)13-7-6-8-15-9-13/h13,15H,1,6-11H2,2-5H3. The van der Waals surface area contributed by atoms with E-state index in [9.17, 15) is 0 Å². The Morgan fingerprint density at radius 3 is 2.69 bits per heavy atom. The summed E-state index contributed by atoms with van der Waals surface area (Å²) >= 11 is 0. The smallest absolute Gasteiger partial charge is 0.0184 e. The number of piperidine rings is 1. The van der Waals surface area contributed by atoms with Gasteiger partial charge in [0.2, 0.25) is 0 Å². The summed E-state index contributed by atoms with van der Waals surface area (Å²) in [5.74, 6) is 0.814. The fourth-order valence-electron chi connectivity index (χ4n) is 2.86. The predicted molar refractivity (Wildman–Crippen MR) is 71.7 cm³/mol. The van der Waals surface area contributed by atoms with Crippen LogP contribution in [0.4, 0.5) is 0 Å². The first-order chi connectivity index (χ1) is 7.42. The minimum atomic E-state index is 0.400. The second-order valence-electron chi connectivity index (χ2n) is 6.16. The summed E-state index contributed by atoms with van der Waals surface area (Å²) < 4.78 is 0. The Morgan fingerprint density at radius 2 is 2.19 bits per heavy atom. The van der Waals surface area contributed by atoms with E-state index in [2.05, 4.69) is 44.6 Å². The molecule has 0 radical (unpaired) electrons. The highest BCUT2D eigenvalue weighted by Crippen LogP contribution is 2.32. The average molecular weight is 224 g/mol. The van der Waals surface area contributed by atoms with Gasteiger partial charge in [0, 0.05) is 13.1 Å². The van der Waals surface area contributed by atoms with Crippen molar-refractivity contribution in [1.82, 2.24) is 10.2 Å². The lowest BCUT2D eigenvalue weighted by molar-refractivity contribution is 0.119. The molecule has 1 aliphatic rings. The molecule has 1 aliphatic heterocycles. The van der Waals surface area contributed by atoms with E-state index < -0.39 is 0 Å². The van der Waals surface area contributed by atoms with Crippen LogP contribution in [0.3, 0.4) is 0 Å². The van der Waals surface area contributed by atoms with Gasteiger partial charge in [0.1, 0.15) is 0 Å². The van der Waals surface area contributed by atoms with Crippen LogP contribution in [0.25, 0.3) is 0 Å². The van der Waals surface area contributed by atoms with Gasteiger partial charge in [-0.25, -0.2) is 0 Å². The van der Waals surface area contributed by atoms with Crippen LogP contribution in [0.5, 0.6) is 0 Å². The molecule has 0 spiro atoms. The highest BCUT2D eigenvalue weighted by atomic mass is 15.1. The van der Waals surface area contributed by atoms with E-state index in [1.54, 1.807) is 0 Å². The molecule has 1 saturated heterocycles. The lowest BCUT2D eigenvalue weighted by Gasteiger charge is -2.40. The normalized spacial score (nSPS) is 22.4. The van der Waals surface area contributed by atoms with Crippen molar-refractivity contribution in [2.75, 3.05) is 33.2 Å². The van der Waals surface area contributed by atoms with Gasteiger partial charge in [-0.05, 0) is 51.2 Å². The van der Waals surface area contributed by atoms with Crippen LogP contribution in [0.1, 0.15) is 33.6 Å². The quantitative estimate of drug-likeness (QED) is 0.722. The van der Waals surface area contributed by atoms with E-state index in [1.165, 1.54) is 31.5 Å². The first-order valence-corrected chi connectivity index (χ1v) is 6.45. The molecule has 0 aromatic carbocycles. The molecule has 16 heavy (non-hydrogen) atoms. The molecular weight excluding hydrogens is 196 g/mol. The van der Waals surface area contributed by atoms with E-state index in [4.69, 9.17) is 0 Å². The second-order valence-corrected chi connectivity index (χ2v) is 6.16. The Hall–Kier alpha value is -0.340. The number of hydrogen-bond acceptors (Lipinski definition) is 2. The summed E-state index contributed by atoms with van der Waals surface area (Å²) in [6.07, 6.45) is 2.71. The molecule has 0 saturated carbocycles. The second kappa shape index (κ2) is 5.83. The molecular formula is C14H28N2. The summed E-state index contributed by atoms with van der Waals surface area (Å²) in [7, 11) is 2.20. The molecule has 0 aromatic heterocycles. The van der Waals surface area contributed by atoms with Gasteiger partial charge in [0.25, 0.3) is 0 Å². The molecule has 1 heterocycles. The number of nitrogens with one attached hydrogen (secondary N) is 1.